The number of likely N-dealkylation sites (tertiary alicyclic amines) is 1. The predicted octanol–water partition coefficient (Wildman–Crippen LogP) is 3.64. The molecule has 0 radical (unpaired) electrons. The molecule has 1 saturated heterocycles. The van der Waals surface area contributed by atoms with Crippen LogP contribution in [-0.2, 0) is 10.2 Å². The van der Waals surface area contributed by atoms with Crippen LogP contribution in [-0.4, -0.2) is 45.0 Å². The van der Waals surface area contributed by atoms with E-state index in [4.69, 9.17) is 4.74 Å². The van der Waals surface area contributed by atoms with Crippen molar-refractivity contribution in [1.29, 1.82) is 0 Å². The third-order valence-electron chi connectivity index (χ3n) is 6.13. The molecule has 1 amide bonds. The molecular formula is C24H24N4O2. The topological polar surface area (TPSA) is 68.2 Å². The Morgan fingerprint density at radius 1 is 0.933 bits per heavy atom. The molecule has 3 heterocycles. The molecule has 0 unspecified atom stereocenters. The van der Waals surface area contributed by atoms with Crippen LogP contribution in [0, 0.1) is 0 Å². The molecule has 0 atom stereocenters. The summed E-state index contributed by atoms with van der Waals surface area (Å²) in [6.07, 6.45) is 10.6. The summed E-state index contributed by atoms with van der Waals surface area (Å²) in [6, 6.07) is 14.4. The first kappa shape index (κ1) is 18.7. The quantitative estimate of drug-likeness (QED) is 0.654. The number of benzene rings is 1. The van der Waals surface area contributed by atoms with Crippen molar-refractivity contribution in [1.82, 2.24) is 19.9 Å². The van der Waals surface area contributed by atoms with E-state index in [1.807, 2.05) is 35.2 Å². The van der Waals surface area contributed by atoms with Crippen LogP contribution >= 0.6 is 0 Å². The maximum Gasteiger partial charge on any atom is 0.316 e. The Hall–Kier alpha value is -3.28. The second kappa shape index (κ2) is 7.86. The molecule has 0 spiro atoms. The second-order valence-electron chi connectivity index (χ2n) is 8.05. The number of amides is 1. The molecule has 2 fully saturated rings. The molecular weight excluding hydrogens is 376 g/mol. The molecule has 1 aromatic carbocycles. The van der Waals surface area contributed by atoms with E-state index < -0.39 is 0 Å². The van der Waals surface area contributed by atoms with Gasteiger partial charge in [0.15, 0.2) is 0 Å². The first-order chi connectivity index (χ1) is 14.7. The fraction of sp³-hybridized carbons (Fsp3) is 0.333. The molecule has 5 rings (SSSR count). The maximum absolute atomic E-state index is 13.2. The number of piperidine rings is 1. The summed E-state index contributed by atoms with van der Waals surface area (Å²) in [4.78, 5) is 27.9. The van der Waals surface area contributed by atoms with E-state index in [0.29, 0.717) is 19.1 Å². The summed E-state index contributed by atoms with van der Waals surface area (Å²) in [5.41, 5.74) is 2.81. The van der Waals surface area contributed by atoms with E-state index in [-0.39, 0.29) is 17.4 Å². The lowest BCUT2D eigenvalue weighted by Crippen LogP contribution is -2.46. The minimum Gasteiger partial charge on any atom is -0.460 e. The fourth-order valence-corrected chi connectivity index (χ4v) is 4.21. The van der Waals surface area contributed by atoms with E-state index in [2.05, 4.69) is 27.1 Å². The molecule has 1 aliphatic heterocycles. The molecule has 6 heteroatoms. The normalized spacial score (nSPS) is 18.1. The second-order valence-corrected chi connectivity index (χ2v) is 8.05. The largest absolute Gasteiger partial charge is 0.460 e. The Bertz CT molecular complexity index is 996. The molecule has 1 aliphatic carbocycles. The van der Waals surface area contributed by atoms with Gasteiger partial charge in [0.1, 0.15) is 6.10 Å². The van der Waals surface area contributed by atoms with Crippen LogP contribution in [0.1, 0.15) is 31.2 Å². The van der Waals surface area contributed by atoms with Crippen LogP contribution in [0.5, 0.6) is 6.01 Å². The number of pyridine rings is 1. The number of carbonyl (C=O) groups excluding carboxylic acids is 1. The number of hydrogen-bond acceptors (Lipinski definition) is 5. The summed E-state index contributed by atoms with van der Waals surface area (Å²) < 4.78 is 5.99. The Morgan fingerprint density at radius 3 is 2.23 bits per heavy atom. The average molecular weight is 400 g/mol. The van der Waals surface area contributed by atoms with Gasteiger partial charge < -0.3 is 9.64 Å². The van der Waals surface area contributed by atoms with E-state index in [1.165, 1.54) is 0 Å². The molecule has 2 aliphatic rings. The van der Waals surface area contributed by atoms with Crippen LogP contribution in [0.15, 0.2) is 67.3 Å². The van der Waals surface area contributed by atoms with Crippen molar-refractivity contribution >= 4 is 5.91 Å². The minimum absolute atomic E-state index is 0.0349. The molecule has 6 nitrogen and oxygen atoms in total. The van der Waals surface area contributed by atoms with Gasteiger partial charge in [0.25, 0.3) is 0 Å². The molecule has 3 aromatic rings. The third-order valence-corrected chi connectivity index (χ3v) is 6.13. The van der Waals surface area contributed by atoms with Crippen molar-refractivity contribution in [3.05, 3.63) is 72.8 Å². The number of carbonyl (C=O) groups is 1. The maximum atomic E-state index is 13.2. The summed E-state index contributed by atoms with van der Waals surface area (Å²) in [7, 11) is 0. The third kappa shape index (κ3) is 3.65. The van der Waals surface area contributed by atoms with Crippen molar-refractivity contribution in [2.45, 2.75) is 37.2 Å². The first-order valence-electron chi connectivity index (χ1n) is 10.5. The predicted molar refractivity (Wildman–Crippen MR) is 113 cm³/mol. The zero-order valence-electron chi connectivity index (χ0n) is 16.8. The number of hydrogen-bond donors (Lipinski definition) is 0. The van der Waals surface area contributed by atoms with Gasteiger partial charge in [-0.3, -0.25) is 9.78 Å². The molecule has 152 valence electrons. The lowest BCUT2D eigenvalue weighted by atomic mass is 9.93. The van der Waals surface area contributed by atoms with Gasteiger partial charge in [-0.05, 0) is 36.1 Å². The fourth-order valence-electron chi connectivity index (χ4n) is 4.21. The van der Waals surface area contributed by atoms with Gasteiger partial charge in [-0.15, -0.1) is 0 Å². The zero-order chi connectivity index (χ0) is 20.4. The Balaban J connectivity index is 1.17. The van der Waals surface area contributed by atoms with Crippen molar-refractivity contribution < 1.29 is 9.53 Å². The Kier molecular flexibility index (Phi) is 4.91. The standard InChI is InChI=1S/C24H24N4O2/c29-22(24(10-11-24)20-4-2-1-3-5-20)28-14-8-21(9-15-28)30-23-26-16-19(17-27-23)18-6-12-25-13-7-18/h1-7,12-13,16-17,21H,8-11,14-15H2. The summed E-state index contributed by atoms with van der Waals surface area (Å²) >= 11 is 0. The molecule has 0 bridgehead atoms. The molecule has 0 N–H and O–H groups in total. The van der Waals surface area contributed by atoms with Gasteiger partial charge in [-0.1, -0.05) is 30.3 Å². The van der Waals surface area contributed by atoms with Crippen LogP contribution in [0.25, 0.3) is 11.1 Å². The molecule has 30 heavy (non-hydrogen) atoms. The van der Waals surface area contributed by atoms with E-state index >= 15 is 0 Å². The monoisotopic (exact) mass is 400 g/mol. The summed E-state index contributed by atoms with van der Waals surface area (Å²) in [6.45, 7) is 1.43. The zero-order valence-corrected chi connectivity index (χ0v) is 16.8. The first-order valence-corrected chi connectivity index (χ1v) is 10.5. The molecule has 1 saturated carbocycles. The number of ether oxygens (including phenoxy) is 1. The number of rotatable bonds is 5. The lowest BCUT2D eigenvalue weighted by molar-refractivity contribution is -0.135. The van der Waals surface area contributed by atoms with E-state index in [0.717, 1.165) is 42.4 Å². The van der Waals surface area contributed by atoms with Gasteiger partial charge in [-0.2, -0.15) is 0 Å². The highest BCUT2D eigenvalue weighted by Crippen LogP contribution is 2.49. The van der Waals surface area contributed by atoms with Crippen molar-refractivity contribution in [3.8, 4) is 17.1 Å². The van der Waals surface area contributed by atoms with Gasteiger partial charge >= 0.3 is 6.01 Å². The van der Waals surface area contributed by atoms with Crippen LogP contribution in [0.3, 0.4) is 0 Å². The van der Waals surface area contributed by atoms with E-state index in [9.17, 15) is 4.79 Å². The summed E-state index contributed by atoms with van der Waals surface area (Å²) in [5, 5.41) is 0. The van der Waals surface area contributed by atoms with Gasteiger partial charge in [0, 0.05) is 56.3 Å². The molecule has 2 aromatic heterocycles. The highest BCUT2D eigenvalue weighted by atomic mass is 16.5. The van der Waals surface area contributed by atoms with E-state index in [1.54, 1.807) is 24.8 Å². The van der Waals surface area contributed by atoms with Crippen molar-refractivity contribution in [2.24, 2.45) is 0 Å². The lowest BCUT2D eigenvalue weighted by Gasteiger charge is -2.34. The van der Waals surface area contributed by atoms with Gasteiger partial charge in [-0.25, -0.2) is 9.97 Å². The van der Waals surface area contributed by atoms with Crippen LogP contribution < -0.4 is 4.74 Å². The van der Waals surface area contributed by atoms with Crippen molar-refractivity contribution in [3.63, 3.8) is 0 Å². The van der Waals surface area contributed by atoms with Gasteiger partial charge in [0.05, 0.1) is 5.41 Å². The van der Waals surface area contributed by atoms with Gasteiger partial charge in [0.2, 0.25) is 5.91 Å². The minimum atomic E-state index is -0.291. The van der Waals surface area contributed by atoms with Crippen molar-refractivity contribution in [2.75, 3.05) is 13.1 Å². The van der Waals surface area contributed by atoms with Crippen LogP contribution in [0.4, 0.5) is 0 Å². The van der Waals surface area contributed by atoms with Crippen LogP contribution in [0.2, 0.25) is 0 Å². The highest BCUT2D eigenvalue weighted by Gasteiger charge is 2.53. The number of nitrogens with zero attached hydrogens (tertiary/aromatic N) is 4. The average Bonchev–Trinajstić information content (AvgIpc) is 3.63. The Morgan fingerprint density at radius 2 is 1.60 bits per heavy atom. The Labute approximate surface area is 176 Å². The highest BCUT2D eigenvalue weighted by molar-refractivity contribution is 5.91. The smallest absolute Gasteiger partial charge is 0.316 e. The SMILES string of the molecule is O=C(N1CCC(Oc2ncc(-c3ccncc3)cn2)CC1)C1(c2ccccc2)CC1. The number of aromatic nitrogens is 3. The summed E-state index contributed by atoms with van der Waals surface area (Å²) in [5.74, 6) is 0.269.